The van der Waals surface area contributed by atoms with Crippen molar-refractivity contribution in [3.05, 3.63) is 0 Å². The highest BCUT2D eigenvalue weighted by Crippen LogP contribution is 2.25. The van der Waals surface area contributed by atoms with Crippen LogP contribution in [0.25, 0.3) is 0 Å². The van der Waals surface area contributed by atoms with E-state index in [2.05, 4.69) is 4.90 Å². The van der Waals surface area contributed by atoms with Crippen molar-refractivity contribution >= 4 is 30.7 Å². The normalized spacial score (nSPS) is 28.4. The molecule has 7 heteroatoms. The standard InChI is InChI=1S/C16H29N3O2.2ClH/c17-16(6-12-21-13-7-16)15(20)19-10-3-4-14(5-11-19)18-8-1-2-9-18;;/h14H,1-13,17H2;2*1H. The topological polar surface area (TPSA) is 58.8 Å². The molecule has 0 aliphatic carbocycles. The molecule has 3 saturated heterocycles. The summed E-state index contributed by atoms with van der Waals surface area (Å²) in [6.07, 6.45) is 7.45. The molecule has 23 heavy (non-hydrogen) atoms. The third kappa shape index (κ3) is 4.95. The van der Waals surface area contributed by atoms with Crippen LogP contribution in [0.5, 0.6) is 0 Å². The summed E-state index contributed by atoms with van der Waals surface area (Å²) in [4.78, 5) is 17.4. The quantitative estimate of drug-likeness (QED) is 0.808. The fourth-order valence-electron chi connectivity index (χ4n) is 4.02. The zero-order valence-corrected chi connectivity index (χ0v) is 15.5. The Kier molecular flexibility index (Phi) is 8.59. The molecule has 1 amide bonds. The van der Waals surface area contributed by atoms with Crippen molar-refractivity contribution in [1.82, 2.24) is 9.80 Å². The Balaban J connectivity index is 0.00000132. The van der Waals surface area contributed by atoms with E-state index in [1.165, 1.54) is 32.4 Å². The number of carbonyl (C=O) groups excluding carboxylic acids is 1. The molecule has 0 spiro atoms. The zero-order chi connectivity index (χ0) is 14.7. The van der Waals surface area contributed by atoms with Crippen molar-refractivity contribution in [2.45, 2.75) is 56.5 Å². The second-order valence-corrected chi connectivity index (χ2v) is 6.89. The first-order valence-corrected chi connectivity index (χ1v) is 8.59. The molecule has 5 nitrogen and oxygen atoms in total. The smallest absolute Gasteiger partial charge is 0.242 e. The van der Waals surface area contributed by atoms with Crippen LogP contribution in [0.4, 0.5) is 0 Å². The van der Waals surface area contributed by atoms with Gasteiger partial charge in [0.05, 0.1) is 5.54 Å². The van der Waals surface area contributed by atoms with Crippen molar-refractivity contribution in [1.29, 1.82) is 0 Å². The van der Waals surface area contributed by atoms with Crippen LogP contribution >= 0.6 is 24.8 Å². The van der Waals surface area contributed by atoms with E-state index >= 15 is 0 Å². The van der Waals surface area contributed by atoms with Gasteiger partial charge in [-0.25, -0.2) is 0 Å². The molecule has 0 aromatic rings. The molecule has 3 heterocycles. The summed E-state index contributed by atoms with van der Waals surface area (Å²) in [7, 11) is 0. The van der Waals surface area contributed by atoms with Gasteiger partial charge in [0.15, 0.2) is 0 Å². The van der Waals surface area contributed by atoms with Gasteiger partial charge in [-0.1, -0.05) is 0 Å². The van der Waals surface area contributed by atoms with Gasteiger partial charge in [-0.3, -0.25) is 4.79 Å². The minimum Gasteiger partial charge on any atom is -0.381 e. The summed E-state index contributed by atoms with van der Waals surface area (Å²) in [6.45, 7) is 5.48. The number of hydrogen-bond acceptors (Lipinski definition) is 4. The monoisotopic (exact) mass is 367 g/mol. The van der Waals surface area contributed by atoms with Crippen LogP contribution in [0.2, 0.25) is 0 Å². The van der Waals surface area contributed by atoms with E-state index in [-0.39, 0.29) is 30.7 Å². The van der Waals surface area contributed by atoms with Crippen molar-refractivity contribution in [3.8, 4) is 0 Å². The summed E-state index contributed by atoms with van der Waals surface area (Å²) in [5.74, 6) is 0.160. The first-order valence-electron chi connectivity index (χ1n) is 8.59. The third-order valence-corrected chi connectivity index (χ3v) is 5.45. The SMILES string of the molecule is Cl.Cl.NC1(C(=O)N2CCCC(N3CCCC3)CC2)CCOCC1. The van der Waals surface area contributed by atoms with Crippen molar-refractivity contribution in [2.24, 2.45) is 5.73 Å². The molecule has 0 radical (unpaired) electrons. The minimum absolute atomic E-state index is 0. The Hall–Kier alpha value is -0.0700. The van der Waals surface area contributed by atoms with Crippen molar-refractivity contribution in [3.63, 3.8) is 0 Å². The zero-order valence-electron chi connectivity index (χ0n) is 13.9. The molecule has 0 aromatic heterocycles. The van der Waals surface area contributed by atoms with E-state index in [0.29, 0.717) is 32.1 Å². The van der Waals surface area contributed by atoms with Crippen molar-refractivity contribution < 1.29 is 9.53 Å². The van der Waals surface area contributed by atoms with Gasteiger partial charge in [0.25, 0.3) is 0 Å². The van der Waals surface area contributed by atoms with E-state index in [4.69, 9.17) is 10.5 Å². The van der Waals surface area contributed by atoms with Gasteiger partial charge in [-0.05, 0) is 58.0 Å². The van der Waals surface area contributed by atoms with Crippen LogP contribution in [0, 0.1) is 0 Å². The van der Waals surface area contributed by atoms with Crippen LogP contribution < -0.4 is 5.73 Å². The van der Waals surface area contributed by atoms with E-state index < -0.39 is 5.54 Å². The molecule has 3 aliphatic heterocycles. The molecule has 0 bridgehead atoms. The number of nitrogens with zero attached hydrogens (tertiary/aromatic N) is 2. The van der Waals surface area contributed by atoms with Gasteiger partial charge >= 0.3 is 0 Å². The maximum atomic E-state index is 12.8. The lowest BCUT2D eigenvalue weighted by molar-refractivity contribution is -0.140. The Morgan fingerprint density at radius 3 is 2.26 bits per heavy atom. The van der Waals surface area contributed by atoms with Gasteiger partial charge in [-0.15, -0.1) is 24.8 Å². The summed E-state index contributed by atoms with van der Waals surface area (Å²) in [6, 6.07) is 0.675. The third-order valence-electron chi connectivity index (χ3n) is 5.45. The lowest BCUT2D eigenvalue weighted by Gasteiger charge is -2.36. The maximum absolute atomic E-state index is 12.8. The highest BCUT2D eigenvalue weighted by molar-refractivity contribution is 5.86. The fraction of sp³-hybridized carbons (Fsp3) is 0.938. The summed E-state index contributed by atoms with van der Waals surface area (Å²) >= 11 is 0. The number of nitrogens with two attached hydrogens (primary N) is 1. The number of hydrogen-bond donors (Lipinski definition) is 1. The number of ether oxygens (including phenoxy) is 1. The molecule has 2 N–H and O–H groups in total. The highest BCUT2D eigenvalue weighted by Gasteiger charge is 2.39. The number of rotatable bonds is 2. The van der Waals surface area contributed by atoms with Crippen LogP contribution in [-0.2, 0) is 9.53 Å². The van der Waals surface area contributed by atoms with E-state index in [9.17, 15) is 4.79 Å². The summed E-state index contributed by atoms with van der Waals surface area (Å²) < 4.78 is 5.35. The molecule has 3 fully saturated rings. The Bertz CT molecular complexity index is 372. The second-order valence-electron chi connectivity index (χ2n) is 6.89. The van der Waals surface area contributed by atoms with Crippen LogP contribution in [0.3, 0.4) is 0 Å². The molecule has 0 saturated carbocycles. The van der Waals surface area contributed by atoms with Gasteiger partial charge in [0, 0.05) is 32.3 Å². The minimum atomic E-state index is -0.675. The van der Waals surface area contributed by atoms with Gasteiger partial charge in [0.1, 0.15) is 0 Å². The molecule has 1 unspecified atom stereocenters. The average Bonchev–Trinajstić information content (AvgIpc) is 2.92. The van der Waals surface area contributed by atoms with Crippen LogP contribution in [-0.4, -0.2) is 66.7 Å². The van der Waals surface area contributed by atoms with Gasteiger partial charge in [-0.2, -0.15) is 0 Å². The van der Waals surface area contributed by atoms with Crippen molar-refractivity contribution in [2.75, 3.05) is 39.4 Å². The maximum Gasteiger partial charge on any atom is 0.242 e. The Labute approximate surface area is 152 Å². The molecule has 136 valence electrons. The number of amides is 1. The largest absolute Gasteiger partial charge is 0.381 e. The lowest BCUT2D eigenvalue weighted by Crippen LogP contribution is -2.58. The number of likely N-dealkylation sites (tertiary alicyclic amines) is 2. The molecule has 3 aliphatic rings. The number of halogens is 2. The predicted octanol–water partition coefficient (Wildman–Crippen LogP) is 1.81. The predicted molar refractivity (Wildman–Crippen MR) is 96.5 cm³/mol. The fourth-order valence-corrected chi connectivity index (χ4v) is 4.02. The van der Waals surface area contributed by atoms with Crippen LogP contribution in [0.15, 0.2) is 0 Å². The van der Waals surface area contributed by atoms with E-state index in [1.54, 1.807) is 0 Å². The Morgan fingerprint density at radius 2 is 1.61 bits per heavy atom. The highest BCUT2D eigenvalue weighted by atomic mass is 35.5. The van der Waals surface area contributed by atoms with Gasteiger partial charge < -0.3 is 20.3 Å². The molecular weight excluding hydrogens is 337 g/mol. The number of carbonyl (C=O) groups is 1. The van der Waals surface area contributed by atoms with E-state index in [1.807, 2.05) is 4.90 Å². The second kappa shape index (κ2) is 9.42. The van der Waals surface area contributed by atoms with E-state index in [0.717, 1.165) is 25.9 Å². The Morgan fingerprint density at radius 1 is 0.957 bits per heavy atom. The molecule has 0 aromatic carbocycles. The summed E-state index contributed by atoms with van der Waals surface area (Å²) in [5, 5.41) is 0. The first kappa shape index (κ1) is 21.0. The summed E-state index contributed by atoms with van der Waals surface area (Å²) in [5.41, 5.74) is 5.68. The first-order chi connectivity index (χ1) is 10.2. The van der Waals surface area contributed by atoms with Gasteiger partial charge in [0.2, 0.25) is 5.91 Å². The van der Waals surface area contributed by atoms with Crippen LogP contribution in [0.1, 0.15) is 44.9 Å². The molecular formula is C16H31Cl2N3O2. The molecule has 1 atom stereocenters. The average molecular weight is 368 g/mol. The molecule has 3 rings (SSSR count). The lowest BCUT2D eigenvalue weighted by atomic mass is 9.89.